The fourth-order valence-corrected chi connectivity index (χ4v) is 2.40. The maximum atomic E-state index is 6.02. The summed E-state index contributed by atoms with van der Waals surface area (Å²) in [6.07, 6.45) is 2.79. The molecule has 142 valence electrons. The average molecular weight is 358 g/mol. The Balaban J connectivity index is 2.02. The zero-order chi connectivity index (χ0) is 18.8. The molecular weight excluding hydrogens is 326 g/mol. The largest absolute Gasteiger partial charge is 0.493 e. The van der Waals surface area contributed by atoms with Crippen LogP contribution in [0.5, 0.6) is 5.75 Å². The van der Waals surface area contributed by atoms with Gasteiger partial charge in [0.2, 0.25) is 0 Å². The van der Waals surface area contributed by atoms with Crippen molar-refractivity contribution in [2.75, 3.05) is 13.2 Å². The molecule has 6 heteroatoms. The highest BCUT2D eigenvalue weighted by Gasteiger charge is 2.06. The first kappa shape index (κ1) is 19.8. The van der Waals surface area contributed by atoms with Gasteiger partial charge in [-0.2, -0.15) is 5.10 Å². The van der Waals surface area contributed by atoms with E-state index in [1.807, 2.05) is 6.07 Å². The van der Waals surface area contributed by atoms with E-state index in [1.165, 1.54) is 5.56 Å². The SMILES string of the molecule is CCNC(=NCc1ccc(C)cc1OCCC(C)C)NCc1ccn[nH]1. The Labute approximate surface area is 156 Å². The maximum absolute atomic E-state index is 6.02. The van der Waals surface area contributed by atoms with E-state index in [0.717, 1.165) is 42.5 Å². The summed E-state index contributed by atoms with van der Waals surface area (Å²) in [6.45, 7) is 11.3. The van der Waals surface area contributed by atoms with E-state index in [-0.39, 0.29) is 0 Å². The number of aliphatic imine (C=N–C) groups is 1. The number of benzene rings is 1. The van der Waals surface area contributed by atoms with Gasteiger partial charge < -0.3 is 15.4 Å². The predicted molar refractivity (Wildman–Crippen MR) is 106 cm³/mol. The molecule has 0 atom stereocenters. The predicted octanol–water partition coefficient (Wildman–Crippen LogP) is 3.40. The third-order valence-electron chi connectivity index (χ3n) is 3.93. The van der Waals surface area contributed by atoms with Crippen LogP contribution in [0.2, 0.25) is 0 Å². The second kappa shape index (κ2) is 10.5. The standard InChI is InChI=1S/C20H31N5O/c1-5-21-20(23-14-18-8-10-24-25-18)22-13-17-7-6-16(4)12-19(17)26-11-9-15(2)3/h6-8,10,12,15H,5,9,11,13-14H2,1-4H3,(H,24,25)(H2,21,22,23). The lowest BCUT2D eigenvalue weighted by atomic mass is 10.1. The van der Waals surface area contributed by atoms with E-state index in [2.05, 4.69) is 66.7 Å². The molecule has 0 aliphatic carbocycles. The number of H-pyrrole nitrogens is 1. The normalized spacial score (nSPS) is 11.7. The van der Waals surface area contributed by atoms with Gasteiger partial charge in [0.15, 0.2) is 5.96 Å². The van der Waals surface area contributed by atoms with E-state index < -0.39 is 0 Å². The molecule has 0 bridgehead atoms. The highest BCUT2D eigenvalue weighted by molar-refractivity contribution is 5.79. The second-order valence-corrected chi connectivity index (χ2v) is 6.77. The van der Waals surface area contributed by atoms with Crippen LogP contribution in [0, 0.1) is 12.8 Å². The summed E-state index contributed by atoms with van der Waals surface area (Å²) in [5.41, 5.74) is 3.31. The van der Waals surface area contributed by atoms with Crippen molar-refractivity contribution in [2.45, 2.75) is 47.2 Å². The van der Waals surface area contributed by atoms with E-state index in [9.17, 15) is 0 Å². The van der Waals surface area contributed by atoms with Crippen molar-refractivity contribution < 1.29 is 4.74 Å². The molecule has 6 nitrogen and oxygen atoms in total. The molecule has 0 unspecified atom stereocenters. The molecule has 0 aliphatic rings. The van der Waals surface area contributed by atoms with Gasteiger partial charge in [-0.1, -0.05) is 26.0 Å². The van der Waals surface area contributed by atoms with Crippen LogP contribution < -0.4 is 15.4 Å². The Bertz CT molecular complexity index is 680. The first-order chi connectivity index (χ1) is 12.6. The Kier molecular flexibility index (Phi) is 7.99. The summed E-state index contributed by atoms with van der Waals surface area (Å²) in [5, 5.41) is 13.5. The van der Waals surface area contributed by atoms with Crippen LogP contribution in [0.15, 0.2) is 35.5 Å². The van der Waals surface area contributed by atoms with Crippen LogP contribution in [0.3, 0.4) is 0 Å². The molecule has 26 heavy (non-hydrogen) atoms. The fourth-order valence-electron chi connectivity index (χ4n) is 2.40. The Hall–Kier alpha value is -2.50. The molecule has 1 aromatic carbocycles. The number of nitrogens with zero attached hydrogens (tertiary/aromatic N) is 2. The molecule has 2 rings (SSSR count). The molecule has 0 aliphatic heterocycles. The van der Waals surface area contributed by atoms with E-state index >= 15 is 0 Å². The number of rotatable bonds is 9. The third kappa shape index (κ3) is 6.78. The number of aromatic amines is 1. The first-order valence-electron chi connectivity index (χ1n) is 9.31. The van der Waals surface area contributed by atoms with Gasteiger partial charge in [-0.25, -0.2) is 4.99 Å². The average Bonchev–Trinajstić information content (AvgIpc) is 3.12. The van der Waals surface area contributed by atoms with Crippen molar-refractivity contribution >= 4 is 5.96 Å². The summed E-state index contributed by atoms with van der Waals surface area (Å²) >= 11 is 0. The van der Waals surface area contributed by atoms with Gasteiger partial charge >= 0.3 is 0 Å². The first-order valence-corrected chi connectivity index (χ1v) is 9.31. The number of ether oxygens (including phenoxy) is 1. The summed E-state index contributed by atoms with van der Waals surface area (Å²) in [7, 11) is 0. The van der Waals surface area contributed by atoms with Gasteiger partial charge in [0, 0.05) is 18.3 Å². The number of aryl methyl sites for hydroxylation is 1. The maximum Gasteiger partial charge on any atom is 0.191 e. The summed E-state index contributed by atoms with van der Waals surface area (Å²) in [4.78, 5) is 4.70. The molecule has 0 amide bonds. The molecular formula is C20H31N5O. The lowest BCUT2D eigenvalue weighted by Gasteiger charge is -2.14. The number of nitrogens with one attached hydrogen (secondary N) is 3. The van der Waals surface area contributed by atoms with E-state index in [4.69, 9.17) is 9.73 Å². The minimum absolute atomic E-state index is 0.565. The third-order valence-corrected chi connectivity index (χ3v) is 3.93. The molecule has 0 saturated heterocycles. The van der Waals surface area contributed by atoms with E-state index in [0.29, 0.717) is 19.0 Å². The molecule has 1 heterocycles. The summed E-state index contributed by atoms with van der Waals surface area (Å²) < 4.78 is 6.02. The lowest BCUT2D eigenvalue weighted by molar-refractivity contribution is 0.287. The molecule has 0 radical (unpaired) electrons. The number of guanidine groups is 1. The zero-order valence-electron chi connectivity index (χ0n) is 16.3. The van der Waals surface area contributed by atoms with Crippen molar-refractivity contribution in [3.05, 3.63) is 47.3 Å². The monoisotopic (exact) mass is 357 g/mol. The van der Waals surface area contributed by atoms with Crippen LogP contribution in [0.4, 0.5) is 0 Å². The van der Waals surface area contributed by atoms with Crippen molar-refractivity contribution in [3.63, 3.8) is 0 Å². The molecule has 0 saturated carbocycles. The van der Waals surface area contributed by atoms with Gasteiger partial charge in [0.1, 0.15) is 5.75 Å². The van der Waals surface area contributed by atoms with Crippen LogP contribution in [-0.2, 0) is 13.1 Å². The summed E-state index contributed by atoms with van der Waals surface area (Å²) in [6, 6.07) is 8.24. The fraction of sp³-hybridized carbons (Fsp3) is 0.500. The zero-order valence-corrected chi connectivity index (χ0v) is 16.3. The molecule has 0 spiro atoms. The smallest absolute Gasteiger partial charge is 0.191 e. The van der Waals surface area contributed by atoms with Crippen LogP contribution in [0.25, 0.3) is 0 Å². The Morgan fingerprint density at radius 1 is 1.27 bits per heavy atom. The molecule has 1 aromatic heterocycles. The van der Waals surface area contributed by atoms with Crippen molar-refractivity contribution in [1.29, 1.82) is 0 Å². The Morgan fingerprint density at radius 2 is 2.12 bits per heavy atom. The Morgan fingerprint density at radius 3 is 2.81 bits per heavy atom. The van der Waals surface area contributed by atoms with Gasteiger partial charge in [-0.3, -0.25) is 5.10 Å². The molecule has 2 aromatic rings. The number of hydrogen-bond donors (Lipinski definition) is 3. The minimum Gasteiger partial charge on any atom is -0.493 e. The topological polar surface area (TPSA) is 74.3 Å². The highest BCUT2D eigenvalue weighted by atomic mass is 16.5. The lowest BCUT2D eigenvalue weighted by Crippen LogP contribution is -2.36. The number of hydrogen-bond acceptors (Lipinski definition) is 3. The van der Waals surface area contributed by atoms with Crippen molar-refractivity contribution in [1.82, 2.24) is 20.8 Å². The van der Waals surface area contributed by atoms with Crippen LogP contribution in [-0.4, -0.2) is 29.3 Å². The van der Waals surface area contributed by atoms with Gasteiger partial charge in [-0.05, 0) is 43.9 Å². The minimum atomic E-state index is 0.565. The molecule has 3 N–H and O–H groups in total. The quantitative estimate of drug-likeness (QED) is 0.475. The summed E-state index contributed by atoms with van der Waals surface area (Å²) in [5.74, 6) is 2.34. The van der Waals surface area contributed by atoms with Crippen molar-refractivity contribution in [3.8, 4) is 5.75 Å². The van der Waals surface area contributed by atoms with Crippen LogP contribution >= 0.6 is 0 Å². The van der Waals surface area contributed by atoms with Crippen LogP contribution in [0.1, 0.15) is 44.0 Å². The molecule has 0 fully saturated rings. The van der Waals surface area contributed by atoms with E-state index in [1.54, 1.807) is 6.20 Å². The van der Waals surface area contributed by atoms with Gasteiger partial charge in [-0.15, -0.1) is 0 Å². The second-order valence-electron chi connectivity index (χ2n) is 6.77. The highest BCUT2D eigenvalue weighted by Crippen LogP contribution is 2.22. The number of aromatic nitrogens is 2. The van der Waals surface area contributed by atoms with Crippen molar-refractivity contribution in [2.24, 2.45) is 10.9 Å². The van der Waals surface area contributed by atoms with Gasteiger partial charge in [0.25, 0.3) is 0 Å². The van der Waals surface area contributed by atoms with Gasteiger partial charge in [0.05, 0.1) is 25.4 Å².